The van der Waals surface area contributed by atoms with Crippen molar-refractivity contribution in [3.8, 4) is 0 Å². The van der Waals surface area contributed by atoms with Crippen molar-refractivity contribution in [3.63, 3.8) is 0 Å². The van der Waals surface area contributed by atoms with E-state index in [0.29, 0.717) is 5.92 Å². The maximum atomic E-state index is 5.00. The lowest BCUT2D eigenvalue weighted by atomic mass is 9.83. The summed E-state index contributed by atoms with van der Waals surface area (Å²) in [6.45, 7) is 7.92. The van der Waals surface area contributed by atoms with Crippen molar-refractivity contribution >= 4 is 11.3 Å². The Morgan fingerprint density at radius 3 is 2.53 bits per heavy atom. The number of nitrogens with one attached hydrogen (secondary N) is 1. The van der Waals surface area contributed by atoms with E-state index >= 15 is 0 Å². The highest BCUT2D eigenvalue weighted by Gasteiger charge is 2.24. The third kappa shape index (κ3) is 4.03. The molecule has 1 aliphatic carbocycles. The molecule has 0 unspecified atom stereocenters. The van der Waals surface area contributed by atoms with E-state index in [1.807, 2.05) is 18.4 Å². The smallest absolute Gasteiger partial charge is 0.0962 e. The van der Waals surface area contributed by atoms with Crippen molar-refractivity contribution in [2.45, 2.75) is 65.3 Å². The molecule has 1 aromatic heterocycles. The lowest BCUT2D eigenvalue weighted by Crippen LogP contribution is -2.10. The normalized spacial score (nSPS) is 24.1. The van der Waals surface area contributed by atoms with Crippen molar-refractivity contribution in [1.82, 2.24) is 10.3 Å². The molecule has 2 rings (SSSR count). The lowest BCUT2D eigenvalue weighted by molar-refractivity contribution is 0.347. The molecule has 0 aliphatic heterocycles. The quantitative estimate of drug-likeness (QED) is 0.867. The van der Waals surface area contributed by atoms with Crippen molar-refractivity contribution in [1.29, 1.82) is 0 Å². The highest BCUT2D eigenvalue weighted by Crippen LogP contribution is 2.38. The minimum Gasteiger partial charge on any atom is -0.315 e. The van der Waals surface area contributed by atoms with Gasteiger partial charge in [-0.05, 0) is 38.1 Å². The number of thiazole rings is 1. The summed E-state index contributed by atoms with van der Waals surface area (Å²) >= 11 is 1.96. The second kappa shape index (κ2) is 6.85. The Morgan fingerprint density at radius 2 is 1.95 bits per heavy atom. The molecule has 1 N–H and O–H groups in total. The van der Waals surface area contributed by atoms with Crippen molar-refractivity contribution in [2.24, 2.45) is 11.8 Å². The van der Waals surface area contributed by atoms with E-state index in [9.17, 15) is 0 Å². The molecule has 0 spiro atoms. The zero-order chi connectivity index (χ0) is 13.8. The monoisotopic (exact) mass is 280 g/mol. The van der Waals surface area contributed by atoms with Crippen LogP contribution >= 0.6 is 11.3 Å². The van der Waals surface area contributed by atoms with Crippen LogP contribution in [0, 0.1) is 11.8 Å². The van der Waals surface area contributed by atoms with Gasteiger partial charge in [0.15, 0.2) is 0 Å². The van der Waals surface area contributed by atoms with Crippen molar-refractivity contribution in [2.75, 3.05) is 7.05 Å². The first-order chi connectivity index (χ1) is 9.10. The van der Waals surface area contributed by atoms with Crippen LogP contribution in [0.5, 0.6) is 0 Å². The fraction of sp³-hybridized carbons (Fsp3) is 0.812. The second-order valence-corrected chi connectivity index (χ2v) is 7.62. The predicted molar refractivity (Wildman–Crippen MR) is 83.8 cm³/mol. The minimum absolute atomic E-state index is 0.692. The van der Waals surface area contributed by atoms with Gasteiger partial charge in [-0.3, -0.25) is 0 Å². The van der Waals surface area contributed by atoms with Crippen LogP contribution in [-0.2, 0) is 13.0 Å². The standard InChI is InChI=1S/C16H28N2S/c1-11(2)9-14-15(10-17-4)19-16(18-14)13-7-5-12(3)6-8-13/h11-13,17H,5-10H2,1-4H3. The van der Waals surface area contributed by atoms with Gasteiger partial charge >= 0.3 is 0 Å². The average molecular weight is 280 g/mol. The van der Waals surface area contributed by atoms with Gasteiger partial charge in [0.2, 0.25) is 0 Å². The maximum absolute atomic E-state index is 5.00. The van der Waals surface area contributed by atoms with Gasteiger partial charge in [-0.25, -0.2) is 4.98 Å². The topological polar surface area (TPSA) is 24.9 Å². The zero-order valence-electron chi connectivity index (χ0n) is 12.8. The molecule has 2 nitrogen and oxygen atoms in total. The average Bonchev–Trinajstić information content (AvgIpc) is 2.73. The van der Waals surface area contributed by atoms with Gasteiger partial charge in [0.1, 0.15) is 0 Å². The van der Waals surface area contributed by atoms with Gasteiger partial charge in [-0.15, -0.1) is 11.3 Å². The molecule has 3 heteroatoms. The Balaban J connectivity index is 2.12. The summed E-state index contributed by atoms with van der Waals surface area (Å²) in [6, 6.07) is 0. The fourth-order valence-corrected chi connectivity index (χ4v) is 4.20. The van der Waals surface area contributed by atoms with Gasteiger partial charge < -0.3 is 5.32 Å². The van der Waals surface area contributed by atoms with Crippen molar-refractivity contribution < 1.29 is 0 Å². The number of hydrogen-bond donors (Lipinski definition) is 1. The minimum atomic E-state index is 0.692. The van der Waals surface area contributed by atoms with Crippen LogP contribution < -0.4 is 5.32 Å². The Kier molecular flexibility index (Phi) is 5.40. The molecule has 1 aromatic rings. The summed E-state index contributed by atoms with van der Waals surface area (Å²) in [6.07, 6.45) is 6.57. The summed E-state index contributed by atoms with van der Waals surface area (Å²) in [5.41, 5.74) is 1.35. The largest absolute Gasteiger partial charge is 0.315 e. The van der Waals surface area contributed by atoms with Gasteiger partial charge in [-0.2, -0.15) is 0 Å². The van der Waals surface area contributed by atoms with E-state index in [1.54, 1.807) is 0 Å². The van der Waals surface area contributed by atoms with Crippen LogP contribution in [0.1, 0.15) is 68.0 Å². The zero-order valence-corrected chi connectivity index (χ0v) is 13.6. The van der Waals surface area contributed by atoms with Gasteiger partial charge in [0, 0.05) is 17.3 Å². The van der Waals surface area contributed by atoms with Crippen LogP contribution in [-0.4, -0.2) is 12.0 Å². The third-order valence-electron chi connectivity index (χ3n) is 4.10. The summed E-state index contributed by atoms with van der Waals surface area (Å²) in [7, 11) is 2.03. The molecule has 1 saturated carbocycles. The highest BCUT2D eigenvalue weighted by atomic mass is 32.1. The molecular weight excluding hydrogens is 252 g/mol. The third-order valence-corrected chi connectivity index (χ3v) is 5.36. The molecule has 108 valence electrons. The van der Waals surface area contributed by atoms with E-state index in [2.05, 4.69) is 26.1 Å². The summed E-state index contributed by atoms with van der Waals surface area (Å²) in [4.78, 5) is 6.46. The number of aromatic nitrogens is 1. The Labute approximate surface area is 122 Å². The molecule has 0 amide bonds. The van der Waals surface area contributed by atoms with Gasteiger partial charge in [-0.1, -0.05) is 33.6 Å². The van der Waals surface area contributed by atoms with Crippen LogP contribution in [0.4, 0.5) is 0 Å². The molecule has 1 heterocycles. The fourth-order valence-electron chi connectivity index (χ4n) is 2.93. The lowest BCUT2D eigenvalue weighted by Gasteiger charge is -2.24. The molecule has 0 bridgehead atoms. The van der Waals surface area contributed by atoms with Gasteiger partial charge in [0.05, 0.1) is 10.7 Å². The van der Waals surface area contributed by atoms with Crippen LogP contribution in [0.3, 0.4) is 0 Å². The number of nitrogens with zero attached hydrogens (tertiary/aromatic N) is 1. The summed E-state index contributed by atoms with van der Waals surface area (Å²) in [5.74, 6) is 2.35. The Bertz CT molecular complexity index is 389. The summed E-state index contributed by atoms with van der Waals surface area (Å²) in [5, 5.41) is 4.70. The van der Waals surface area contributed by atoms with E-state index in [1.165, 1.54) is 41.3 Å². The molecule has 0 aromatic carbocycles. The first kappa shape index (κ1) is 15.0. The maximum Gasteiger partial charge on any atom is 0.0962 e. The van der Waals surface area contributed by atoms with E-state index in [-0.39, 0.29) is 0 Å². The summed E-state index contributed by atoms with van der Waals surface area (Å²) < 4.78 is 0. The van der Waals surface area contributed by atoms with Gasteiger partial charge in [0.25, 0.3) is 0 Å². The molecular formula is C16H28N2S. The van der Waals surface area contributed by atoms with E-state index in [0.717, 1.165) is 24.8 Å². The Hall–Kier alpha value is -0.410. The Morgan fingerprint density at radius 1 is 1.26 bits per heavy atom. The SMILES string of the molecule is CNCc1sc(C2CCC(C)CC2)nc1CC(C)C. The first-order valence-corrected chi connectivity index (χ1v) is 8.54. The molecule has 0 saturated heterocycles. The van der Waals surface area contributed by atoms with E-state index < -0.39 is 0 Å². The molecule has 0 atom stereocenters. The number of rotatable bonds is 5. The first-order valence-electron chi connectivity index (χ1n) is 7.73. The van der Waals surface area contributed by atoms with Crippen LogP contribution in [0.25, 0.3) is 0 Å². The van der Waals surface area contributed by atoms with Crippen LogP contribution in [0.2, 0.25) is 0 Å². The highest BCUT2D eigenvalue weighted by molar-refractivity contribution is 7.11. The molecule has 1 aliphatic rings. The second-order valence-electron chi connectivity index (χ2n) is 6.51. The molecule has 19 heavy (non-hydrogen) atoms. The van der Waals surface area contributed by atoms with Crippen molar-refractivity contribution in [3.05, 3.63) is 15.6 Å². The van der Waals surface area contributed by atoms with E-state index in [4.69, 9.17) is 4.98 Å². The van der Waals surface area contributed by atoms with Crippen LogP contribution in [0.15, 0.2) is 0 Å². The molecule has 1 fully saturated rings. The molecule has 0 radical (unpaired) electrons. The predicted octanol–water partition coefficient (Wildman–Crippen LogP) is 4.35. The number of hydrogen-bond acceptors (Lipinski definition) is 3.